The van der Waals surface area contributed by atoms with Crippen LogP contribution in [0.1, 0.15) is 5.56 Å². The third-order valence-electron chi connectivity index (χ3n) is 4.58. The summed E-state index contributed by atoms with van der Waals surface area (Å²) in [6.45, 7) is 0.381. The molecule has 1 heterocycles. The van der Waals surface area contributed by atoms with E-state index < -0.39 is 16.4 Å². The molecule has 8 nitrogen and oxygen atoms in total. The maximum absolute atomic E-state index is 13.7. The third-order valence-corrected chi connectivity index (χ3v) is 4.58. The highest BCUT2D eigenvalue weighted by Gasteiger charge is 2.18. The summed E-state index contributed by atoms with van der Waals surface area (Å²) in [6, 6.07) is 18.5. The number of benzene rings is 3. The Morgan fingerprint density at radius 3 is 2.61 bits per heavy atom. The molecule has 9 heteroatoms. The number of hydrogen-bond donors (Lipinski definition) is 0. The van der Waals surface area contributed by atoms with Crippen molar-refractivity contribution >= 4 is 5.69 Å². The molecule has 0 fully saturated rings. The Bertz CT molecular complexity index is 1230. The van der Waals surface area contributed by atoms with Gasteiger partial charge in [-0.2, -0.15) is 9.49 Å². The second-order valence-electron chi connectivity index (χ2n) is 6.53. The number of nitro benzene ring substituents is 1. The van der Waals surface area contributed by atoms with Crippen molar-refractivity contribution in [2.24, 2.45) is 0 Å². The number of aromatic nitrogens is 3. The molecule has 0 aliphatic rings. The van der Waals surface area contributed by atoms with Crippen molar-refractivity contribution in [2.45, 2.75) is 6.61 Å². The Morgan fingerprint density at radius 2 is 1.87 bits per heavy atom. The topological polar surface area (TPSA) is 92.3 Å². The zero-order valence-corrected chi connectivity index (χ0v) is 16.4. The van der Waals surface area contributed by atoms with E-state index in [2.05, 4.69) is 10.1 Å². The summed E-state index contributed by atoms with van der Waals surface area (Å²) >= 11 is 0. The molecule has 4 aromatic rings. The van der Waals surface area contributed by atoms with Crippen LogP contribution < -0.4 is 9.47 Å². The van der Waals surface area contributed by atoms with E-state index in [1.54, 1.807) is 18.2 Å². The monoisotopic (exact) mass is 420 g/mol. The average molecular weight is 420 g/mol. The molecule has 0 atom stereocenters. The van der Waals surface area contributed by atoms with Crippen LogP contribution in [0.25, 0.3) is 17.1 Å². The molecule has 0 radical (unpaired) electrons. The standard InChI is InChI=1S/C22H17FN4O4/c1-30-21-11-16(7-10-20(21)31-13-15-5-3-2-4-6-15)22-24-14-25-26(22)17-8-9-18(23)19(12-17)27(28)29/h2-12,14H,13H2,1H3. The molecule has 0 unspecified atom stereocenters. The number of nitrogens with zero attached hydrogens (tertiary/aromatic N) is 4. The fourth-order valence-electron chi connectivity index (χ4n) is 3.06. The first-order valence-corrected chi connectivity index (χ1v) is 9.26. The maximum atomic E-state index is 13.7. The summed E-state index contributed by atoms with van der Waals surface area (Å²) in [5, 5.41) is 15.2. The summed E-state index contributed by atoms with van der Waals surface area (Å²) in [4.78, 5) is 14.5. The van der Waals surface area contributed by atoms with Gasteiger partial charge in [0.25, 0.3) is 0 Å². The summed E-state index contributed by atoms with van der Waals surface area (Å²) in [5.74, 6) is 0.539. The quantitative estimate of drug-likeness (QED) is 0.321. The van der Waals surface area contributed by atoms with E-state index in [-0.39, 0.29) is 0 Å². The van der Waals surface area contributed by atoms with Gasteiger partial charge in [-0.15, -0.1) is 0 Å². The van der Waals surface area contributed by atoms with Crippen molar-refractivity contribution in [3.05, 3.63) is 94.6 Å². The highest BCUT2D eigenvalue weighted by molar-refractivity contribution is 5.63. The van der Waals surface area contributed by atoms with Crippen molar-refractivity contribution in [3.8, 4) is 28.6 Å². The van der Waals surface area contributed by atoms with Gasteiger partial charge in [0, 0.05) is 11.6 Å². The zero-order valence-electron chi connectivity index (χ0n) is 16.4. The smallest absolute Gasteiger partial charge is 0.306 e. The van der Waals surface area contributed by atoms with Crippen LogP contribution in [-0.4, -0.2) is 26.8 Å². The van der Waals surface area contributed by atoms with Crippen LogP contribution in [0, 0.1) is 15.9 Å². The van der Waals surface area contributed by atoms with Crippen LogP contribution in [0.2, 0.25) is 0 Å². The first-order valence-electron chi connectivity index (χ1n) is 9.26. The zero-order chi connectivity index (χ0) is 21.8. The molecule has 3 aromatic carbocycles. The summed E-state index contributed by atoms with van der Waals surface area (Å²) < 4.78 is 26.4. The molecule has 0 N–H and O–H groups in total. The number of hydrogen-bond acceptors (Lipinski definition) is 6. The lowest BCUT2D eigenvalue weighted by atomic mass is 10.1. The Morgan fingerprint density at radius 1 is 1.06 bits per heavy atom. The number of halogens is 1. The second-order valence-corrected chi connectivity index (χ2v) is 6.53. The summed E-state index contributed by atoms with van der Waals surface area (Å²) in [5.41, 5.74) is 1.34. The first kappa shape index (κ1) is 20.0. The van der Waals surface area contributed by atoms with Gasteiger partial charge < -0.3 is 9.47 Å². The van der Waals surface area contributed by atoms with Crippen molar-refractivity contribution in [1.29, 1.82) is 0 Å². The number of methoxy groups -OCH3 is 1. The lowest BCUT2D eigenvalue weighted by Gasteiger charge is -2.13. The molecule has 4 rings (SSSR count). The Labute approximate surface area is 176 Å². The molecule has 156 valence electrons. The molecule has 0 aliphatic carbocycles. The highest BCUT2D eigenvalue weighted by Crippen LogP contribution is 2.33. The van der Waals surface area contributed by atoms with Crippen molar-refractivity contribution in [3.63, 3.8) is 0 Å². The van der Waals surface area contributed by atoms with E-state index in [0.717, 1.165) is 17.7 Å². The van der Waals surface area contributed by atoms with Gasteiger partial charge in [0.1, 0.15) is 12.9 Å². The van der Waals surface area contributed by atoms with Crippen LogP contribution in [0.4, 0.5) is 10.1 Å². The van der Waals surface area contributed by atoms with Gasteiger partial charge in [0.05, 0.1) is 17.7 Å². The fraction of sp³-hybridized carbons (Fsp3) is 0.0909. The molecule has 0 saturated carbocycles. The Balaban J connectivity index is 1.65. The van der Waals surface area contributed by atoms with Gasteiger partial charge in [-0.1, -0.05) is 30.3 Å². The van der Waals surface area contributed by atoms with Crippen LogP contribution in [0.15, 0.2) is 73.1 Å². The van der Waals surface area contributed by atoms with Crippen molar-refractivity contribution in [2.75, 3.05) is 7.11 Å². The SMILES string of the molecule is COc1cc(-c2ncnn2-c2ccc(F)c([N+](=O)[O-])c2)ccc1OCc1ccccc1. The van der Waals surface area contributed by atoms with Crippen molar-refractivity contribution < 1.29 is 18.8 Å². The van der Waals surface area contributed by atoms with E-state index in [1.165, 1.54) is 24.2 Å². The Hall–Kier alpha value is -4.27. The minimum Gasteiger partial charge on any atom is -0.493 e. The molecular weight excluding hydrogens is 403 g/mol. The van der Waals surface area contributed by atoms with Crippen LogP contribution in [-0.2, 0) is 6.61 Å². The van der Waals surface area contributed by atoms with Gasteiger partial charge in [-0.05, 0) is 35.9 Å². The van der Waals surface area contributed by atoms with Crippen LogP contribution >= 0.6 is 0 Å². The molecule has 31 heavy (non-hydrogen) atoms. The molecule has 0 bridgehead atoms. The highest BCUT2D eigenvalue weighted by atomic mass is 19.1. The summed E-state index contributed by atoms with van der Waals surface area (Å²) in [6.07, 6.45) is 1.32. The molecule has 0 amide bonds. The van der Waals surface area contributed by atoms with E-state index in [0.29, 0.717) is 35.2 Å². The van der Waals surface area contributed by atoms with Crippen LogP contribution in [0.5, 0.6) is 11.5 Å². The largest absolute Gasteiger partial charge is 0.493 e. The second kappa shape index (κ2) is 8.62. The first-order chi connectivity index (χ1) is 15.1. The molecular formula is C22H17FN4O4. The van der Waals surface area contributed by atoms with E-state index in [9.17, 15) is 14.5 Å². The third kappa shape index (κ3) is 4.20. The normalized spacial score (nSPS) is 10.6. The van der Waals surface area contributed by atoms with E-state index in [4.69, 9.17) is 9.47 Å². The van der Waals surface area contributed by atoms with Gasteiger partial charge >= 0.3 is 5.69 Å². The van der Waals surface area contributed by atoms with Gasteiger partial charge in [-0.3, -0.25) is 10.1 Å². The van der Waals surface area contributed by atoms with Gasteiger partial charge in [0.15, 0.2) is 17.3 Å². The Kier molecular flexibility index (Phi) is 5.57. The van der Waals surface area contributed by atoms with Crippen LogP contribution in [0.3, 0.4) is 0 Å². The van der Waals surface area contributed by atoms with E-state index >= 15 is 0 Å². The lowest BCUT2D eigenvalue weighted by Crippen LogP contribution is -2.02. The summed E-state index contributed by atoms with van der Waals surface area (Å²) in [7, 11) is 1.53. The molecule has 1 aromatic heterocycles. The molecule has 0 saturated heterocycles. The fourth-order valence-corrected chi connectivity index (χ4v) is 3.06. The minimum atomic E-state index is -0.919. The number of ether oxygens (including phenoxy) is 2. The lowest BCUT2D eigenvalue weighted by molar-refractivity contribution is -0.387. The number of rotatable bonds is 7. The molecule has 0 aliphatic heterocycles. The predicted octanol–water partition coefficient (Wildman–Crippen LogP) is 4.57. The van der Waals surface area contributed by atoms with Gasteiger partial charge in [0.2, 0.25) is 5.82 Å². The molecule has 0 spiro atoms. The number of nitro groups is 1. The maximum Gasteiger partial charge on any atom is 0.306 e. The minimum absolute atomic E-state index is 0.309. The van der Waals surface area contributed by atoms with Gasteiger partial charge in [-0.25, -0.2) is 9.67 Å². The van der Waals surface area contributed by atoms with E-state index in [1.807, 2.05) is 30.3 Å². The van der Waals surface area contributed by atoms with Crippen molar-refractivity contribution in [1.82, 2.24) is 14.8 Å². The average Bonchev–Trinajstić information content (AvgIpc) is 3.28. The predicted molar refractivity (Wildman–Crippen MR) is 111 cm³/mol.